The number of alkyl halides is 3. The van der Waals surface area contributed by atoms with Gasteiger partial charge in [-0.05, 0) is 94.4 Å². The standard InChI is InChI=1S/C35H36F3N5O6S/c1-34(13-14-34)50(45,46)43-33(44)24-6-4-7-26-31(24)39-17-28(40-26)41-29-20-11-12-21(29)16-22(15-20)47-18-25-30(42-49-32(25)19-9-10-19)23-5-2-3-8-27(23)48-35(36,37)38/h2-8,17,19-22,29H,9-16,18H2,1H3,(H,40,41)(H,43,44). The number of hydrogen-bond donors (Lipinski definition) is 2. The number of aromatic nitrogens is 3. The zero-order valence-corrected chi connectivity index (χ0v) is 28.0. The molecule has 4 aliphatic carbocycles. The number of carbonyl (C=O) groups is 1. The molecule has 8 rings (SSSR count). The van der Waals surface area contributed by atoms with Crippen molar-refractivity contribution >= 4 is 32.8 Å². The summed E-state index contributed by atoms with van der Waals surface area (Å²) in [6, 6.07) is 11.0. The highest BCUT2D eigenvalue weighted by atomic mass is 32.2. The lowest BCUT2D eigenvalue weighted by molar-refractivity contribution is -0.274. The first-order valence-corrected chi connectivity index (χ1v) is 18.4. The van der Waals surface area contributed by atoms with Gasteiger partial charge in [-0.1, -0.05) is 23.4 Å². The van der Waals surface area contributed by atoms with Crippen LogP contribution in [0.5, 0.6) is 5.75 Å². The Kier molecular flexibility index (Phi) is 8.05. The van der Waals surface area contributed by atoms with Crippen LogP contribution in [-0.4, -0.2) is 52.7 Å². The van der Waals surface area contributed by atoms with Gasteiger partial charge in [0.1, 0.15) is 28.5 Å². The number of benzene rings is 2. The molecular formula is C35H36F3N5O6S. The van der Waals surface area contributed by atoms with E-state index in [0.29, 0.717) is 58.5 Å². The van der Waals surface area contributed by atoms with E-state index >= 15 is 0 Å². The summed E-state index contributed by atoms with van der Waals surface area (Å²) in [5.41, 5.74) is 2.10. The Balaban J connectivity index is 0.945. The third-order valence-electron chi connectivity index (χ3n) is 10.6. The van der Waals surface area contributed by atoms with E-state index < -0.39 is 27.0 Å². The van der Waals surface area contributed by atoms with Gasteiger partial charge in [0.05, 0.1) is 34.7 Å². The molecule has 4 aromatic rings. The minimum atomic E-state index is -4.85. The van der Waals surface area contributed by atoms with E-state index in [9.17, 15) is 26.4 Å². The van der Waals surface area contributed by atoms with Crippen molar-refractivity contribution in [3.05, 3.63) is 65.5 Å². The molecule has 4 saturated carbocycles. The van der Waals surface area contributed by atoms with Crippen molar-refractivity contribution in [3.8, 4) is 17.0 Å². The highest BCUT2D eigenvalue weighted by Gasteiger charge is 2.51. The summed E-state index contributed by atoms with van der Waals surface area (Å²) >= 11 is 0. The number of nitrogens with one attached hydrogen (secondary N) is 2. The van der Waals surface area contributed by atoms with Gasteiger partial charge in [-0.2, -0.15) is 0 Å². The fourth-order valence-electron chi connectivity index (χ4n) is 7.47. The van der Waals surface area contributed by atoms with Crippen LogP contribution >= 0.6 is 0 Å². The summed E-state index contributed by atoms with van der Waals surface area (Å²) in [5, 5.41) is 7.76. The molecule has 2 N–H and O–H groups in total. The molecule has 15 heteroatoms. The molecule has 0 spiro atoms. The monoisotopic (exact) mass is 711 g/mol. The summed E-state index contributed by atoms with van der Waals surface area (Å²) in [5.74, 6) is 0.938. The van der Waals surface area contributed by atoms with Gasteiger partial charge in [0.25, 0.3) is 5.91 Å². The largest absolute Gasteiger partial charge is 0.573 e. The number of anilines is 1. The minimum Gasteiger partial charge on any atom is -0.405 e. The molecule has 264 valence electrons. The number of ether oxygens (including phenoxy) is 2. The fourth-order valence-corrected chi connectivity index (χ4v) is 8.71. The van der Waals surface area contributed by atoms with Gasteiger partial charge < -0.3 is 19.3 Å². The lowest BCUT2D eigenvalue weighted by Gasteiger charge is -2.36. The van der Waals surface area contributed by atoms with Crippen LogP contribution in [0.1, 0.15) is 85.9 Å². The smallest absolute Gasteiger partial charge is 0.405 e. The molecule has 0 saturated heterocycles. The average Bonchev–Trinajstić information content (AvgIpc) is 4.00. The lowest BCUT2D eigenvalue weighted by Crippen LogP contribution is -2.40. The maximum atomic E-state index is 13.2. The maximum Gasteiger partial charge on any atom is 0.573 e. The normalized spacial score (nSPS) is 24.2. The molecule has 50 heavy (non-hydrogen) atoms. The van der Waals surface area contributed by atoms with E-state index in [1.807, 2.05) is 0 Å². The molecule has 0 radical (unpaired) electrons. The van der Waals surface area contributed by atoms with Crippen molar-refractivity contribution in [1.29, 1.82) is 0 Å². The van der Waals surface area contributed by atoms with Crippen LogP contribution in [0.4, 0.5) is 19.0 Å². The predicted octanol–water partition coefficient (Wildman–Crippen LogP) is 6.86. The number of para-hydroxylation sites is 2. The van der Waals surface area contributed by atoms with E-state index in [1.54, 1.807) is 37.4 Å². The number of nitrogens with zero attached hydrogens (tertiary/aromatic N) is 3. The second kappa shape index (κ2) is 12.2. The topological polar surface area (TPSA) is 146 Å². The molecule has 2 aromatic carbocycles. The highest BCUT2D eigenvalue weighted by Crippen LogP contribution is 2.48. The molecule has 4 aliphatic rings. The lowest BCUT2D eigenvalue weighted by atomic mass is 9.82. The van der Waals surface area contributed by atoms with Crippen LogP contribution in [0, 0.1) is 11.8 Å². The Labute approximate surface area is 286 Å². The van der Waals surface area contributed by atoms with Crippen LogP contribution in [0.15, 0.2) is 53.2 Å². The van der Waals surface area contributed by atoms with Crippen LogP contribution in [0.25, 0.3) is 22.3 Å². The predicted molar refractivity (Wildman–Crippen MR) is 176 cm³/mol. The highest BCUT2D eigenvalue weighted by molar-refractivity contribution is 7.91. The number of sulfonamides is 1. The van der Waals surface area contributed by atoms with Crippen molar-refractivity contribution in [2.45, 2.75) is 94.1 Å². The number of carbonyl (C=O) groups excluding carboxylic acids is 1. The number of halogens is 3. The second-order valence-corrected chi connectivity index (χ2v) is 16.4. The molecule has 2 unspecified atom stereocenters. The molecule has 2 heterocycles. The van der Waals surface area contributed by atoms with E-state index in [-0.39, 0.29) is 41.5 Å². The molecule has 1 amide bonds. The van der Waals surface area contributed by atoms with Gasteiger partial charge in [0.15, 0.2) is 0 Å². The van der Waals surface area contributed by atoms with Gasteiger partial charge in [-0.25, -0.2) is 23.1 Å². The third-order valence-corrected chi connectivity index (χ3v) is 12.8. The van der Waals surface area contributed by atoms with E-state index in [4.69, 9.17) is 14.2 Å². The van der Waals surface area contributed by atoms with Crippen molar-refractivity contribution in [2.24, 2.45) is 11.8 Å². The first-order chi connectivity index (χ1) is 23.9. The Hall–Kier alpha value is -4.24. The first kappa shape index (κ1) is 32.9. The number of fused-ring (bicyclic) bond motifs is 3. The van der Waals surface area contributed by atoms with Gasteiger partial charge >= 0.3 is 6.36 Å². The van der Waals surface area contributed by atoms with Gasteiger partial charge in [-0.15, -0.1) is 13.2 Å². The summed E-state index contributed by atoms with van der Waals surface area (Å²) in [6.45, 7) is 1.79. The fraction of sp³-hybridized carbons (Fsp3) is 0.486. The SMILES string of the molecule is CC1(S(=O)(=O)NC(=O)c2cccc3nc(NC4C5CCC4CC(OCc4c(-c6ccccc6OC(F)(F)F)noc4C4CC4)C5)cnc23)CC1. The van der Waals surface area contributed by atoms with Crippen molar-refractivity contribution in [3.63, 3.8) is 0 Å². The zero-order valence-electron chi connectivity index (χ0n) is 27.2. The molecular weight excluding hydrogens is 675 g/mol. The minimum absolute atomic E-state index is 0.0556. The van der Waals surface area contributed by atoms with Gasteiger partial charge in [0.2, 0.25) is 10.0 Å². The van der Waals surface area contributed by atoms with Crippen LogP contribution in [0.3, 0.4) is 0 Å². The van der Waals surface area contributed by atoms with Crippen molar-refractivity contribution < 1.29 is 40.4 Å². The number of rotatable bonds is 11. The third kappa shape index (κ3) is 6.41. The van der Waals surface area contributed by atoms with Crippen molar-refractivity contribution in [2.75, 3.05) is 5.32 Å². The Morgan fingerprint density at radius 1 is 1.04 bits per heavy atom. The summed E-state index contributed by atoms with van der Waals surface area (Å²) in [7, 11) is -3.80. The van der Waals surface area contributed by atoms with E-state index in [1.165, 1.54) is 18.2 Å². The van der Waals surface area contributed by atoms with Gasteiger partial charge in [-0.3, -0.25) is 4.79 Å². The van der Waals surface area contributed by atoms with Gasteiger partial charge in [0, 0.05) is 23.1 Å². The Morgan fingerprint density at radius 2 is 1.78 bits per heavy atom. The van der Waals surface area contributed by atoms with E-state index in [0.717, 1.165) is 38.5 Å². The summed E-state index contributed by atoms with van der Waals surface area (Å²) < 4.78 is 82.6. The number of amides is 1. The van der Waals surface area contributed by atoms with Crippen LogP contribution < -0.4 is 14.8 Å². The maximum absolute atomic E-state index is 13.2. The van der Waals surface area contributed by atoms with Crippen LogP contribution in [-0.2, 0) is 21.4 Å². The molecule has 4 fully saturated rings. The molecule has 2 aromatic heterocycles. The molecule has 11 nitrogen and oxygen atoms in total. The quantitative estimate of drug-likeness (QED) is 0.169. The molecule has 2 atom stereocenters. The molecule has 0 aliphatic heterocycles. The van der Waals surface area contributed by atoms with Crippen LogP contribution in [0.2, 0.25) is 0 Å². The first-order valence-electron chi connectivity index (χ1n) is 16.9. The summed E-state index contributed by atoms with van der Waals surface area (Å²) in [6.07, 6.45) is 3.15. The average molecular weight is 712 g/mol. The number of hydrogen-bond acceptors (Lipinski definition) is 10. The Bertz CT molecular complexity index is 2050. The Morgan fingerprint density at radius 3 is 2.48 bits per heavy atom. The van der Waals surface area contributed by atoms with E-state index in [2.05, 4.69) is 24.9 Å². The second-order valence-electron chi connectivity index (χ2n) is 14.2. The summed E-state index contributed by atoms with van der Waals surface area (Å²) in [4.78, 5) is 22.2. The zero-order chi connectivity index (χ0) is 34.8. The van der Waals surface area contributed by atoms with Crippen molar-refractivity contribution in [1.82, 2.24) is 19.8 Å². The molecule has 2 bridgehead atoms.